The highest BCUT2D eigenvalue weighted by atomic mass is 32.1. The molecule has 0 saturated heterocycles. The molecule has 0 bridgehead atoms. The number of nitrogens with zero attached hydrogens (tertiary/aromatic N) is 1. The number of methoxy groups -OCH3 is 1. The SMILES string of the molecule is C=CCOc1c(CC=C)cc(C=NNC(N)=S)cc1OC. The van der Waals surface area contributed by atoms with E-state index in [1.807, 2.05) is 12.1 Å². The van der Waals surface area contributed by atoms with Crippen LogP contribution >= 0.6 is 12.2 Å². The minimum Gasteiger partial charge on any atom is -0.493 e. The van der Waals surface area contributed by atoms with Crippen LogP contribution in [0.4, 0.5) is 0 Å². The number of thiocarbonyl (C=S) groups is 1. The van der Waals surface area contributed by atoms with Gasteiger partial charge in [0.15, 0.2) is 16.6 Å². The van der Waals surface area contributed by atoms with E-state index in [1.165, 1.54) is 0 Å². The molecule has 112 valence electrons. The fourth-order valence-electron chi connectivity index (χ4n) is 1.69. The van der Waals surface area contributed by atoms with Crippen LogP contribution in [0.3, 0.4) is 0 Å². The number of allylic oxidation sites excluding steroid dienone is 1. The molecule has 1 aromatic rings. The average Bonchev–Trinajstić information content (AvgIpc) is 2.45. The van der Waals surface area contributed by atoms with Gasteiger partial charge in [-0.15, -0.1) is 6.58 Å². The number of nitrogens with one attached hydrogen (secondary N) is 1. The highest BCUT2D eigenvalue weighted by molar-refractivity contribution is 7.80. The average molecular weight is 305 g/mol. The third kappa shape index (κ3) is 5.27. The van der Waals surface area contributed by atoms with Crippen LogP contribution in [0.15, 0.2) is 42.5 Å². The van der Waals surface area contributed by atoms with Crippen molar-refractivity contribution in [2.75, 3.05) is 13.7 Å². The Morgan fingerprint density at radius 2 is 2.19 bits per heavy atom. The highest BCUT2D eigenvalue weighted by Gasteiger charge is 2.11. The first-order valence-electron chi connectivity index (χ1n) is 6.26. The van der Waals surface area contributed by atoms with Crippen molar-refractivity contribution in [3.8, 4) is 11.5 Å². The van der Waals surface area contributed by atoms with Crippen LogP contribution in [0, 0.1) is 0 Å². The molecule has 0 spiro atoms. The zero-order chi connectivity index (χ0) is 15.7. The highest BCUT2D eigenvalue weighted by Crippen LogP contribution is 2.33. The molecule has 1 rings (SSSR count). The standard InChI is InChI=1S/C15H19N3O2S/c1-4-6-12-8-11(10-17-18-15(16)21)9-13(19-3)14(12)20-7-5-2/h4-5,8-10H,1-2,6-7H2,3H3,(H3,16,18,21). The van der Waals surface area contributed by atoms with Gasteiger partial charge in [0.25, 0.3) is 0 Å². The zero-order valence-electron chi connectivity index (χ0n) is 12.0. The van der Waals surface area contributed by atoms with E-state index in [0.717, 1.165) is 11.1 Å². The van der Waals surface area contributed by atoms with Gasteiger partial charge in [0.05, 0.1) is 13.3 Å². The molecule has 0 saturated carbocycles. The van der Waals surface area contributed by atoms with Crippen molar-refractivity contribution in [3.05, 3.63) is 48.6 Å². The minimum absolute atomic E-state index is 0.107. The lowest BCUT2D eigenvalue weighted by atomic mass is 10.1. The summed E-state index contributed by atoms with van der Waals surface area (Å²) in [7, 11) is 1.59. The largest absolute Gasteiger partial charge is 0.493 e. The van der Waals surface area contributed by atoms with Crippen LogP contribution in [-0.4, -0.2) is 25.0 Å². The predicted octanol–water partition coefficient (Wildman–Crippen LogP) is 2.16. The Hall–Kier alpha value is -2.34. The summed E-state index contributed by atoms with van der Waals surface area (Å²) in [5.41, 5.74) is 9.59. The molecule has 0 aromatic heterocycles. The number of ether oxygens (including phenoxy) is 2. The van der Waals surface area contributed by atoms with Gasteiger partial charge < -0.3 is 15.2 Å². The number of rotatable bonds is 8. The number of hydrazone groups is 1. The summed E-state index contributed by atoms with van der Waals surface area (Å²) >= 11 is 4.68. The Labute approximate surface area is 130 Å². The predicted molar refractivity (Wildman–Crippen MR) is 90.1 cm³/mol. The normalized spacial score (nSPS) is 10.1. The lowest BCUT2D eigenvalue weighted by Gasteiger charge is -2.14. The molecular weight excluding hydrogens is 286 g/mol. The van der Waals surface area contributed by atoms with Crippen molar-refractivity contribution in [2.45, 2.75) is 6.42 Å². The first kappa shape index (κ1) is 16.7. The third-order valence-corrected chi connectivity index (χ3v) is 2.56. The van der Waals surface area contributed by atoms with E-state index in [0.29, 0.717) is 24.5 Å². The molecule has 0 unspecified atom stereocenters. The Morgan fingerprint density at radius 1 is 1.43 bits per heavy atom. The molecule has 0 radical (unpaired) electrons. The Morgan fingerprint density at radius 3 is 2.76 bits per heavy atom. The monoisotopic (exact) mass is 305 g/mol. The summed E-state index contributed by atoms with van der Waals surface area (Å²) in [6.45, 7) is 7.79. The molecule has 0 aliphatic heterocycles. The van der Waals surface area contributed by atoms with Gasteiger partial charge in [-0.25, -0.2) is 0 Å². The van der Waals surface area contributed by atoms with E-state index < -0.39 is 0 Å². The van der Waals surface area contributed by atoms with Gasteiger partial charge in [-0.1, -0.05) is 18.7 Å². The summed E-state index contributed by atoms with van der Waals surface area (Å²) in [6, 6.07) is 3.75. The van der Waals surface area contributed by atoms with Crippen molar-refractivity contribution < 1.29 is 9.47 Å². The maximum Gasteiger partial charge on any atom is 0.184 e. The fourth-order valence-corrected chi connectivity index (χ4v) is 1.75. The second-order valence-electron chi connectivity index (χ2n) is 4.04. The molecule has 6 heteroatoms. The van der Waals surface area contributed by atoms with Gasteiger partial charge in [0, 0.05) is 5.56 Å². The molecule has 3 N–H and O–H groups in total. The number of hydrogen-bond donors (Lipinski definition) is 2. The molecule has 0 atom stereocenters. The Bertz CT molecular complexity index is 556. The van der Waals surface area contributed by atoms with Crippen LogP contribution in [-0.2, 0) is 6.42 Å². The van der Waals surface area contributed by atoms with Crippen molar-refractivity contribution in [2.24, 2.45) is 10.8 Å². The van der Waals surface area contributed by atoms with Gasteiger partial charge in [-0.05, 0) is 36.3 Å². The van der Waals surface area contributed by atoms with Crippen LogP contribution in [0.2, 0.25) is 0 Å². The second-order valence-corrected chi connectivity index (χ2v) is 4.48. The smallest absolute Gasteiger partial charge is 0.184 e. The summed E-state index contributed by atoms with van der Waals surface area (Å²) in [5.74, 6) is 1.30. The number of benzene rings is 1. The van der Waals surface area contributed by atoms with E-state index >= 15 is 0 Å². The van der Waals surface area contributed by atoms with Gasteiger partial charge in [0.1, 0.15) is 6.61 Å². The topological polar surface area (TPSA) is 68.9 Å². The molecule has 0 fully saturated rings. The maximum absolute atomic E-state index is 5.67. The second kappa shape index (κ2) is 8.76. The van der Waals surface area contributed by atoms with E-state index in [4.69, 9.17) is 15.2 Å². The molecule has 1 aromatic carbocycles. The summed E-state index contributed by atoms with van der Waals surface area (Å²) in [5, 5.41) is 4.04. The van der Waals surface area contributed by atoms with Crippen molar-refractivity contribution in [1.29, 1.82) is 0 Å². The van der Waals surface area contributed by atoms with Crippen molar-refractivity contribution >= 4 is 23.5 Å². The summed E-state index contributed by atoms with van der Waals surface area (Å²) in [6.07, 6.45) is 5.72. The molecule has 0 aliphatic rings. The zero-order valence-corrected chi connectivity index (χ0v) is 12.8. The molecule has 0 aliphatic carbocycles. The quantitative estimate of drug-likeness (QED) is 0.333. The lowest BCUT2D eigenvalue weighted by molar-refractivity contribution is 0.323. The van der Waals surface area contributed by atoms with Gasteiger partial charge in [0.2, 0.25) is 0 Å². The van der Waals surface area contributed by atoms with Crippen LogP contribution < -0.4 is 20.6 Å². The van der Waals surface area contributed by atoms with Gasteiger partial charge >= 0.3 is 0 Å². The number of nitrogens with two attached hydrogens (primary N) is 1. The molecule has 0 heterocycles. The maximum atomic E-state index is 5.67. The summed E-state index contributed by atoms with van der Waals surface area (Å²) < 4.78 is 11.0. The molecule has 5 nitrogen and oxygen atoms in total. The minimum atomic E-state index is 0.107. The van der Waals surface area contributed by atoms with Crippen molar-refractivity contribution in [3.63, 3.8) is 0 Å². The Kier molecular flexibility index (Phi) is 6.97. The van der Waals surface area contributed by atoms with E-state index in [9.17, 15) is 0 Å². The molecule has 21 heavy (non-hydrogen) atoms. The first-order chi connectivity index (χ1) is 10.1. The first-order valence-corrected chi connectivity index (χ1v) is 6.67. The lowest BCUT2D eigenvalue weighted by Crippen LogP contribution is -2.24. The van der Waals surface area contributed by atoms with Gasteiger partial charge in [-0.3, -0.25) is 5.43 Å². The van der Waals surface area contributed by atoms with Gasteiger partial charge in [-0.2, -0.15) is 5.10 Å². The third-order valence-electron chi connectivity index (χ3n) is 2.47. The van der Waals surface area contributed by atoms with E-state index in [-0.39, 0.29) is 5.11 Å². The number of hydrogen-bond acceptors (Lipinski definition) is 4. The van der Waals surface area contributed by atoms with Crippen molar-refractivity contribution in [1.82, 2.24) is 5.43 Å². The molecular formula is C15H19N3O2S. The van der Waals surface area contributed by atoms with Crippen LogP contribution in [0.25, 0.3) is 0 Å². The van der Waals surface area contributed by atoms with E-state index in [1.54, 1.807) is 25.5 Å². The van der Waals surface area contributed by atoms with Crippen LogP contribution in [0.1, 0.15) is 11.1 Å². The fraction of sp³-hybridized carbons (Fsp3) is 0.200. The molecule has 0 amide bonds. The Balaban J connectivity index is 3.14. The van der Waals surface area contributed by atoms with Crippen LogP contribution in [0.5, 0.6) is 11.5 Å². The summed E-state index contributed by atoms with van der Waals surface area (Å²) in [4.78, 5) is 0. The van der Waals surface area contributed by atoms with E-state index in [2.05, 4.69) is 35.9 Å².